The van der Waals surface area contributed by atoms with Gasteiger partial charge in [0.2, 0.25) is 0 Å². The van der Waals surface area contributed by atoms with Crippen LogP contribution in [0.5, 0.6) is 0 Å². The molecule has 1 N–H and O–H groups in total. The summed E-state index contributed by atoms with van der Waals surface area (Å²) in [6, 6.07) is 3.85. The van der Waals surface area contributed by atoms with E-state index in [0.29, 0.717) is 11.5 Å². The van der Waals surface area contributed by atoms with Crippen LogP contribution in [0, 0.1) is 0 Å². The van der Waals surface area contributed by atoms with Gasteiger partial charge in [-0.2, -0.15) is 0 Å². The second-order valence-electron chi connectivity index (χ2n) is 5.93. The van der Waals surface area contributed by atoms with E-state index in [2.05, 4.69) is 20.2 Å². The second-order valence-corrected chi connectivity index (χ2v) is 6.80. The molecule has 0 aromatic carbocycles. The lowest BCUT2D eigenvalue weighted by Crippen LogP contribution is -2.31. The summed E-state index contributed by atoms with van der Waals surface area (Å²) >= 11 is 1.35. The predicted molar refractivity (Wildman–Crippen MR) is 96.2 cm³/mol. The third kappa shape index (κ3) is 3.12. The summed E-state index contributed by atoms with van der Waals surface area (Å²) in [6.45, 7) is 2.38. The summed E-state index contributed by atoms with van der Waals surface area (Å²) < 4.78 is 1.39. The average molecular weight is 355 g/mol. The van der Waals surface area contributed by atoms with E-state index in [1.165, 1.54) is 34.8 Å². The third-order valence-electron chi connectivity index (χ3n) is 4.28. The van der Waals surface area contributed by atoms with E-state index in [9.17, 15) is 9.59 Å². The Labute approximate surface area is 148 Å². The first-order valence-electron chi connectivity index (χ1n) is 8.15. The number of rotatable bonds is 4. The third-order valence-corrected chi connectivity index (χ3v) is 5.05. The van der Waals surface area contributed by atoms with Crippen LogP contribution < -0.4 is 15.8 Å². The van der Waals surface area contributed by atoms with Crippen LogP contribution in [0.3, 0.4) is 0 Å². The molecule has 4 rings (SSSR count). The van der Waals surface area contributed by atoms with Gasteiger partial charge in [-0.05, 0) is 30.5 Å². The highest BCUT2D eigenvalue weighted by molar-refractivity contribution is 7.15. The van der Waals surface area contributed by atoms with Crippen molar-refractivity contribution in [2.24, 2.45) is 0 Å². The van der Waals surface area contributed by atoms with E-state index < -0.39 is 5.91 Å². The minimum absolute atomic E-state index is 0.0460. The standard InChI is InChI=1S/C17H17N5O2S/c23-15(13-11-20-17-22(16(13)24)7-8-25-17)19-10-12-3-4-18-14(9-12)21-5-1-2-6-21/h3-4,7-9,11H,1-2,5-6,10H2,(H,19,23). The van der Waals surface area contributed by atoms with E-state index in [-0.39, 0.29) is 11.1 Å². The van der Waals surface area contributed by atoms with Gasteiger partial charge in [0.1, 0.15) is 11.4 Å². The zero-order chi connectivity index (χ0) is 17.2. The SMILES string of the molecule is O=C(NCc1ccnc(N2CCCC2)c1)c1cnc2sccn2c1=O. The number of pyridine rings is 1. The van der Waals surface area contributed by atoms with E-state index in [1.54, 1.807) is 17.8 Å². The van der Waals surface area contributed by atoms with Crippen LogP contribution in [0.4, 0.5) is 5.82 Å². The first-order chi connectivity index (χ1) is 12.2. The summed E-state index contributed by atoms with van der Waals surface area (Å²) in [4.78, 5) is 36.0. The van der Waals surface area contributed by atoms with Gasteiger partial charge in [-0.25, -0.2) is 9.97 Å². The van der Waals surface area contributed by atoms with Gasteiger partial charge in [-0.3, -0.25) is 14.0 Å². The first-order valence-corrected chi connectivity index (χ1v) is 9.03. The quantitative estimate of drug-likeness (QED) is 0.770. The molecule has 3 aromatic heterocycles. The van der Waals surface area contributed by atoms with Crippen molar-refractivity contribution in [3.05, 3.63) is 57.6 Å². The highest BCUT2D eigenvalue weighted by atomic mass is 32.1. The molecule has 1 fully saturated rings. The Morgan fingerprint density at radius 3 is 2.96 bits per heavy atom. The molecule has 0 radical (unpaired) electrons. The number of hydrogen-bond acceptors (Lipinski definition) is 6. The van der Waals surface area contributed by atoms with Crippen molar-refractivity contribution in [3.8, 4) is 0 Å². The number of aromatic nitrogens is 3. The Bertz CT molecular complexity index is 974. The zero-order valence-electron chi connectivity index (χ0n) is 13.5. The molecule has 8 heteroatoms. The number of nitrogens with zero attached hydrogens (tertiary/aromatic N) is 4. The Hall–Kier alpha value is -2.74. The van der Waals surface area contributed by atoms with Gasteiger partial charge in [0.05, 0.1) is 0 Å². The molecule has 0 atom stereocenters. The Morgan fingerprint density at radius 1 is 1.28 bits per heavy atom. The highest BCUT2D eigenvalue weighted by Gasteiger charge is 2.15. The number of nitrogens with one attached hydrogen (secondary N) is 1. The Kier molecular flexibility index (Phi) is 4.19. The van der Waals surface area contributed by atoms with E-state index in [1.807, 2.05) is 12.1 Å². The van der Waals surface area contributed by atoms with Gasteiger partial charge >= 0.3 is 0 Å². The normalized spacial score (nSPS) is 14.2. The average Bonchev–Trinajstić information content (AvgIpc) is 3.32. The van der Waals surface area contributed by atoms with Gasteiger partial charge in [0.15, 0.2) is 4.96 Å². The molecule has 3 aromatic rings. The lowest BCUT2D eigenvalue weighted by atomic mass is 10.2. The molecule has 7 nitrogen and oxygen atoms in total. The van der Waals surface area contributed by atoms with E-state index in [4.69, 9.17) is 0 Å². The fourth-order valence-corrected chi connectivity index (χ4v) is 3.62. The summed E-state index contributed by atoms with van der Waals surface area (Å²) in [5.74, 6) is 0.517. The maximum absolute atomic E-state index is 12.4. The number of fused-ring (bicyclic) bond motifs is 1. The molecule has 1 amide bonds. The van der Waals surface area contributed by atoms with Crippen LogP contribution in [0.15, 0.2) is 40.9 Å². The molecular weight excluding hydrogens is 338 g/mol. The fourth-order valence-electron chi connectivity index (χ4n) is 2.95. The maximum Gasteiger partial charge on any atom is 0.271 e. The zero-order valence-corrected chi connectivity index (χ0v) is 14.3. The number of amides is 1. The minimum Gasteiger partial charge on any atom is -0.357 e. The van der Waals surface area contributed by atoms with Gasteiger partial charge < -0.3 is 10.2 Å². The van der Waals surface area contributed by atoms with Crippen molar-refractivity contribution >= 4 is 28.0 Å². The van der Waals surface area contributed by atoms with Gasteiger partial charge in [-0.1, -0.05) is 0 Å². The van der Waals surface area contributed by atoms with Crippen molar-refractivity contribution in [2.75, 3.05) is 18.0 Å². The monoisotopic (exact) mass is 355 g/mol. The number of carbonyl (C=O) groups is 1. The van der Waals surface area contributed by atoms with Crippen molar-refractivity contribution in [2.45, 2.75) is 19.4 Å². The molecule has 0 unspecified atom stereocenters. The smallest absolute Gasteiger partial charge is 0.271 e. The molecule has 0 saturated carbocycles. The van der Waals surface area contributed by atoms with Gasteiger partial charge in [-0.15, -0.1) is 11.3 Å². The summed E-state index contributed by atoms with van der Waals surface area (Å²) in [5, 5.41) is 4.56. The van der Waals surface area contributed by atoms with Crippen molar-refractivity contribution in [1.29, 1.82) is 0 Å². The summed E-state index contributed by atoms with van der Waals surface area (Å²) in [6.07, 6.45) is 7.08. The first kappa shape index (κ1) is 15.8. The lowest BCUT2D eigenvalue weighted by Gasteiger charge is -2.16. The number of thiazole rings is 1. The van der Waals surface area contributed by atoms with Crippen LogP contribution >= 0.6 is 11.3 Å². The predicted octanol–water partition coefficient (Wildman–Crippen LogP) is 1.68. The number of carbonyl (C=O) groups excluding carboxylic acids is 1. The molecule has 0 bridgehead atoms. The minimum atomic E-state index is -0.419. The molecule has 1 aliphatic heterocycles. The molecule has 1 saturated heterocycles. The second kappa shape index (κ2) is 6.64. The van der Waals surface area contributed by atoms with Crippen molar-refractivity contribution in [1.82, 2.24) is 19.7 Å². The summed E-state index contributed by atoms with van der Waals surface area (Å²) in [5.41, 5.74) is 0.649. The molecular formula is C17H17N5O2S. The van der Waals surface area contributed by atoms with Gasteiger partial charge in [0, 0.05) is 43.6 Å². The lowest BCUT2D eigenvalue weighted by molar-refractivity contribution is 0.0949. The largest absolute Gasteiger partial charge is 0.357 e. The number of anilines is 1. The molecule has 128 valence electrons. The molecule has 0 spiro atoms. The van der Waals surface area contributed by atoms with Crippen molar-refractivity contribution in [3.63, 3.8) is 0 Å². The number of hydrogen-bond donors (Lipinski definition) is 1. The van der Waals surface area contributed by atoms with Crippen molar-refractivity contribution < 1.29 is 4.79 Å². The van der Waals surface area contributed by atoms with Crippen LogP contribution in [0.1, 0.15) is 28.8 Å². The van der Waals surface area contributed by atoms with E-state index in [0.717, 1.165) is 24.5 Å². The summed E-state index contributed by atoms with van der Waals surface area (Å²) in [7, 11) is 0. The van der Waals surface area contributed by atoms with Crippen LogP contribution in [-0.4, -0.2) is 33.4 Å². The van der Waals surface area contributed by atoms with E-state index >= 15 is 0 Å². The molecule has 0 aliphatic carbocycles. The topological polar surface area (TPSA) is 79.6 Å². The molecule has 4 heterocycles. The van der Waals surface area contributed by atoms with Gasteiger partial charge in [0.25, 0.3) is 11.5 Å². The fraction of sp³-hybridized carbons (Fsp3) is 0.294. The molecule has 1 aliphatic rings. The van der Waals surface area contributed by atoms with Crippen LogP contribution in [-0.2, 0) is 6.54 Å². The molecule has 25 heavy (non-hydrogen) atoms. The van der Waals surface area contributed by atoms with Crippen LogP contribution in [0.2, 0.25) is 0 Å². The van der Waals surface area contributed by atoms with Crippen LogP contribution in [0.25, 0.3) is 4.96 Å². The maximum atomic E-state index is 12.4. The Morgan fingerprint density at radius 2 is 2.12 bits per heavy atom. The Balaban J connectivity index is 1.48. The highest BCUT2D eigenvalue weighted by Crippen LogP contribution is 2.18.